The van der Waals surface area contributed by atoms with Crippen LogP contribution in [0.1, 0.15) is 27.2 Å². The number of aliphatic hydroxyl groups excluding tert-OH is 18. The summed E-state index contributed by atoms with van der Waals surface area (Å²) in [6, 6.07) is -5.09. The van der Waals surface area contributed by atoms with Gasteiger partial charge in [-0.25, -0.2) is 4.79 Å². The second-order valence-electron chi connectivity index (χ2n) is 20.4. The zero-order chi connectivity index (χ0) is 61.0. The summed E-state index contributed by atoms with van der Waals surface area (Å²) in [4.78, 5) is 49.4. The second-order valence-corrected chi connectivity index (χ2v) is 20.4. The fraction of sp³-hybridized carbons (Fsp3) is 0.911. The van der Waals surface area contributed by atoms with E-state index >= 15 is 0 Å². The Kier molecular flexibility index (Phi) is 23.9. The first kappa shape index (κ1) is 67.8. The van der Waals surface area contributed by atoms with Gasteiger partial charge in [0.2, 0.25) is 17.7 Å². The summed E-state index contributed by atoms with van der Waals surface area (Å²) in [6.07, 6.45) is -55.7. The predicted molar refractivity (Wildman–Crippen MR) is 251 cm³/mol. The lowest BCUT2D eigenvalue weighted by atomic mass is 9.88. The number of rotatable bonds is 22. The van der Waals surface area contributed by atoms with E-state index in [2.05, 4.69) is 16.0 Å². The summed E-state index contributed by atoms with van der Waals surface area (Å²) in [6.45, 7) is -3.40. The van der Waals surface area contributed by atoms with Gasteiger partial charge in [-0.05, 0) is 0 Å². The van der Waals surface area contributed by atoms with E-state index in [1.165, 1.54) is 0 Å². The number of carbonyl (C=O) groups excluding carboxylic acids is 3. The largest absolute Gasteiger partial charge is 0.477 e. The van der Waals surface area contributed by atoms with Gasteiger partial charge in [0.15, 0.2) is 31.5 Å². The van der Waals surface area contributed by atoms with Crippen LogP contribution in [0, 0.1) is 0 Å². The quantitative estimate of drug-likeness (QED) is 0.0479. The Morgan fingerprint density at radius 2 is 0.939 bits per heavy atom. The number of aliphatic hydroxyl groups is 18. The van der Waals surface area contributed by atoms with Crippen LogP contribution in [0.25, 0.3) is 0 Å². The molecule has 37 nitrogen and oxygen atoms in total. The average Bonchev–Trinajstić information content (AvgIpc) is 3.16. The Morgan fingerprint density at radius 1 is 0.488 bits per heavy atom. The molecule has 6 aliphatic heterocycles. The number of amides is 3. The molecular weight excluding hydrogens is 1130 g/mol. The highest BCUT2D eigenvalue weighted by Crippen LogP contribution is 2.38. The van der Waals surface area contributed by atoms with E-state index in [-0.39, 0.29) is 0 Å². The van der Waals surface area contributed by atoms with Crippen molar-refractivity contribution < 1.29 is 168 Å². The monoisotopic (exact) mass is 1200 g/mol. The molecule has 0 unspecified atom stereocenters. The van der Waals surface area contributed by atoms with E-state index in [0.29, 0.717) is 0 Å². The normalized spacial score (nSPS) is 46.3. The number of ether oxygens (including phenoxy) is 11. The van der Waals surface area contributed by atoms with Crippen LogP contribution in [0.15, 0.2) is 0 Å². The van der Waals surface area contributed by atoms with E-state index in [4.69, 9.17) is 52.1 Å². The maximum atomic E-state index is 12.8. The molecule has 6 heterocycles. The highest BCUT2D eigenvalue weighted by molar-refractivity contribution is 5.77. The molecule has 0 radical (unpaired) electrons. The van der Waals surface area contributed by atoms with Crippen molar-refractivity contribution in [1.29, 1.82) is 0 Å². The Labute approximate surface area is 463 Å². The van der Waals surface area contributed by atoms with Gasteiger partial charge in [-0.2, -0.15) is 0 Å². The molecule has 0 aromatic carbocycles. The molecule has 0 saturated carbocycles. The molecule has 31 atom stereocenters. The van der Waals surface area contributed by atoms with E-state index in [1.54, 1.807) is 0 Å². The summed E-state index contributed by atoms with van der Waals surface area (Å²) in [5.41, 5.74) is 0. The summed E-state index contributed by atoms with van der Waals surface area (Å²) < 4.78 is 62.9. The van der Waals surface area contributed by atoms with Crippen molar-refractivity contribution in [3.05, 3.63) is 0 Å². The molecule has 82 heavy (non-hydrogen) atoms. The number of hydrogen-bond donors (Lipinski definition) is 22. The molecule has 0 aromatic rings. The fourth-order valence-electron chi connectivity index (χ4n) is 10.3. The molecule has 474 valence electrons. The number of carboxylic acids is 1. The number of carboxylic acid groups (broad SMARTS) is 1. The molecule has 6 rings (SSSR count). The first-order valence-electron chi connectivity index (χ1n) is 25.7. The second kappa shape index (κ2) is 28.9. The van der Waals surface area contributed by atoms with Crippen molar-refractivity contribution >= 4 is 23.7 Å². The topological polar surface area (TPSA) is 590 Å². The highest BCUT2D eigenvalue weighted by atomic mass is 16.8. The lowest BCUT2D eigenvalue weighted by Crippen LogP contribution is -2.70. The van der Waals surface area contributed by atoms with Crippen LogP contribution in [0.2, 0.25) is 0 Å². The van der Waals surface area contributed by atoms with E-state index < -0.39 is 259 Å². The van der Waals surface area contributed by atoms with Crippen molar-refractivity contribution in [2.75, 3.05) is 39.6 Å². The molecule has 0 bridgehead atoms. The van der Waals surface area contributed by atoms with Crippen molar-refractivity contribution in [2.24, 2.45) is 0 Å². The minimum Gasteiger partial charge on any atom is -0.477 e. The van der Waals surface area contributed by atoms with Gasteiger partial charge in [0.05, 0.1) is 51.8 Å². The molecular formula is C45H75N3O34. The third-order valence-corrected chi connectivity index (χ3v) is 14.6. The molecule has 6 aliphatic rings. The molecule has 0 spiro atoms. The Hall–Kier alpha value is -3.28. The van der Waals surface area contributed by atoms with E-state index in [9.17, 15) is 116 Å². The maximum absolute atomic E-state index is 12.8. The van der Waals surface area contributed by atoms with Gasteiger partial charge in [0.1, 0.15) is 140 Å². The van der Waals surface area contributed by atoms with Crippen molar-refractivity contribution in [3.8, 4) is 0 Å². The number of aliphatic carboxylic acids is 1. The number of nitrogens with one attached hydrogen (secondary N) is 3. The molecule has 3 amide bonds. The SMILES string of the molecule is CC(=O)N[C@@H]1[C@@H](O)[C@H](O[C@@H]2O[C@H](CO)[C@@H](O)[C@H](O[C@@H]3O[C@@H](CO)[C@H](O)[C@@H](O)[C@H]3O[C@@H]3O[C@H](CO)[C@@H](O[C@@H]4O[C@H](CO[C@]5(C(=O)O)C[C@H](O)[C@@H](NC(C)=O)[C@H]([C@H](O)[C@H](O)CO)O5)[C@H](O)[C@H](O)[C@H]4O)[C@H](O)[C@H]3NC(C)=O)[C@@H]2O)[C@@H](CO)O[C@H]1O. The van der Waals surface area contributed by atoms with Crippen LogP contribution >= 0.6 is 0 Å². The van der Waals surface area contributed by atoms with Gasteiger partial charge < -0.3 is 165 Å². The minimum atomic E-state index is -3.00. The Morgan fingerprint density at radius 3 is 1.49 bits per heavy atom. The fourth-order valence-corrected chi connectivity index (χ4v) is 10.3. The van der Waals surface area contributed by atoms with Crippen LogP contribution in [0.5, 0.6) is 0 Å². The minimum absolute atomic E-state index is 0.740. The van der Waals surface area contributed by atoms with Gasteiger partial charge in [-0.3, -0.25) is 14.4 Å². The van der Waals surface area contributed by atoms with Crippen molar-refractivity contribution in [1.82, 2.24) is 16.0 Å². The molecule has 37 heteroatoms. The number of carbonyl (C=O) groups is 4. The lowest BCUT2D eigenvalue weighted by molar-refractivity contribution is -0.394. The summed E-state index contributed by atoms with van der Waals surface area (Å²) in [7, 11) is 0. The third-order valence-electron chi connectivity index (χ3n) is 14.6. The summed E-state index contributed by atoms with van der Waals surface area (Å²) in [5, 5.41) is 212. The zero-order valence-corrected chi connectivity index (χ0v) is 43.9. The van der Waals surface area contributed by atoms with Crippen LogP contribution in [0.3, 0.4) is 0 Å². The third kappa shape index (κ3) is 14.7. The Bertz CT molecular complexity index is 2090. The van der Waals surface area contributed by atoms with Crippen molar-refractivity contribution in [2.45, 2.75) is 217 Å². The van der Waals surface area contributed by atoms with Crippen LogP contribution in [0.4, 0.5) is 0 Å². The van der Waals surface area contributed by atoms with E-state index in [0.717, 1.165) is 20.8 Å². The first-order chi connectivity index (χ1) is 38.6. The van der Waals surface area contributed by atoms with Crippen LogP contribution in [-0.2, 0) is 71.3 Å². The number of hydrogen-bond acceptors (Lipinski definition) is 33. The highest BCUT2D eigenvalue weighted by Gasteiger charge is 2.60. The van der Waals surface area contributed by atoms with Gasteiger partial charge in [0.25, 0.3) is 5.79 Å². The van der Waals surface area contributed by atoms with Gasteiger partial charge in [0, 0.05) is 27.2 Å². The molecule has 0 aromatic heterocycles. The molecule has 0 aliphatic carbocycles. The van der Waals surface area contributed by atoms with Gasteiger partial charge in [-0.1, -0.05) is 0 Å². The van der Waals surface area contributed by atoms with Crippen molar-refractivity contribution in [3.63, 3.8) is 0 Å². The van der Waals surface area contributed by atoms with Crippen LogP contribution < -0.4 is 16.0 Å². The van der Waals surface area contributed by atoms with Crippen LogP contribution in [-0.4, -0.2) is 350 Å². The van der Waals surface area contributed by atoms with Gasteiger partial charge >= 0.3 is 5.97 Å². The summed E-state index contributed by atoms with van der Waals surface area (Å²) in [5.74, 6) is -7.46. The lowest BCUT2D eigenvalue weighted by Gasteiger charge is -2.50. The van der Waals surface area contributed by atoms with Gasteiger partial charge in [-0.15, -0.1) is 0 Å². The zero-order valence-electron chi connectivity index (χ0n) is 43.9. The standard InChI is InChI=1S/C45H75N3O34/c1-11(54)46-21-14(57)4-45(44(70)71,82-36(21)24(59)15(58)5-49)72-10-20-26(61)30(65)32(67)41(77-20)78-35-19(9-53)76-40(23(29(35)64)48-13(3)56)81-38-31(66)25(60)16(6-50)75-43(38)80-37-27(62)17(7-51)74-42(33(37)68)79-34-18(8-52)73-39(69)22(28(34)63)47-12(2)55/h14-43,49-53,57-69H,4-10H2,1-3H3,(H,46,54)(H,47,55)(H,48,56)(H,70,71)/t14-,15+,16-,17+,18+,19+,20+,21+,22+,23+,24+,25-,26-,27+,28+,29+,30-,31+,32+,33-,34+,35+,36+,37-,38+,39+,40-,41-,42-,43-,45+/m0/s1. The summed E-state index contributed by atoms with van der Waals surface area (Å²) >= 11 is 0. The predicted octanol–water partition coefficient (Wildman–Crippen LogP) is -14.5. The molecule has 6 saturated heterocycles. The molecule has 22 N–H and O–H groups in total. The molecule has 6 fully saturated rings. The smallest absolute Gasteiger partial charge is 0.364 e. The van der Waals surface area contributed by atoms with E-state index in [1.807, 2.05) is 0 Å². The Balaban J connectivity index is 1.23. The first-order valence-corrected chi connectivity index (χ1v) is 25.7. The maximum Gasteiger partial charge on any atom is 0.364 e. The average molecular weight is 1200 g/mol.